The minimum absolute atomic E-state index is 0.00424. The first-order valence-electron chi connectivity index (χ1n) is 8.11. The van der Waals surface area contributed by atoms with Gasteiger partial charge in [0.15, 0.2) is 5.82 Å². The van der Waals surface area contributed by atoms with E-state index in [1.807, 2.05) is 0 Å². The molecule has 0 radical (unpaired) electrons. The standard InChI is InChI=1S/C14H24N5O6P/c1-3-24-26(22,25-4-2)6-5-10(7-20)23-9-19-8-16-11-12(19)17-14(15)18-13(11)21/h5-6,10,16,20H,3-4,7-9H2,1-2H3,(H3,15,17,18,21). The maximum absolute atomic E-state index is 12.4. The van der Waals surface area contributed by atoms with Crippen molar-refractivity contribution in [3.63, 3.8) is 0 Å². The summed E-state index contributed by atoms with van der Waals surface area (Å²) in [5.74, 6) is 1.63. The van der Waals surface area contributed by atoms with E-state index in [0.717, 1.165) is 0 Å². The number of aliphatic hydroxyl groups is 1. The van der Waals surface area contributed by atoms with Crippen LogP contribution in [-0.2, 0) is 18.3 Å². The second-order valence-corrected chi connectivity index (χ2v) is 7.15. The van der Waals surface area contributed by atoms with Crippen molar-refractivity contribution >= 4 is 25.0 Å². The van der Waals surface area contributed by atoms with Gasteiger partial charge in [-0.1, -0.05) is 0 Å². The number of aromatic nitrogens is 2. The first-order valence-corrected chi connectivity index (χ1v) is 9.72. The van der Waals surface area contributed by atoms with Crippen molar-refractivity contribution in [1.29, 1.82) is 0 Å². The molecule has 0 saturated carbocycles. The molecule has 1 aromatic heterocycles. The fraction of sp³-hybridized carbons (Fsp3) is 0.571. The first-order chi connectivity index (χ1) is 12.4. The minimum atomic E-state index is -3.37. The molecule has 26 heavy (non-hydrogen) atoms. The monoisotopic (exact) mass is 389 g/mol. The van der Waals surface area contributed by atoms with Crippen molar-refractivity contribution in [2.75, 3.05) is 49.2 Å². The number of nitrogens with two attached hydrogens (primary N) is 1. The molecule has 2 rings (SSSR count). The average Bonchev–Trinajstić information content (AvgIpc) is 2.99. The zero-order valence-corrected chi connectivity index (χ0v) is 15.6. The molecule has 146 valence electrons. The van der Waals surface area contributed by atoms with E-state index in [1.54, 1.807) is 18.7 Å². The summed E-state index contributed by atoms with van der Waals surface area (Å²) in [5.41, 5.74) is 5.49. The number of aliphatic hydroxyl groups excluding tert-OH is 1. The lowest BCUT2D eigenvalue weighted by Crippen LogP contribution is -2.30. The van der Waals surface area contributed by atoms with E-state index >= 15 is 0 Å². The summed E-state index contributed by atoms with van der Waals surface area (Å²) >= 11 is 0. The van der Waals surface area contributed by atoms with Crippen LogP contribution < -0.4 is 21.5 Å². The molecule has 5 N–H and O–H groups in total. The molecule has 1 atom stereocenters. The van der Waals surface area contributed by atoms with E-state index in [0.29, 0.717) is 18.2 Å². The molecule has 0 aliphatic carbocycles. The molecule has 1 aliphatic heterocycles. The molecule has 12 heteroatoms. The highest BCUT2D eigenvalue weighted by molar-refractivity contribution is 7.57. The van der Waals surface area contributed by atoms with Gasteiger partial charge in [-0.25, -0.2) is 0 Å². The normalized spacial score (nSPS) is 15.3. The van der Waals surface area contributed by atoms with Gasteiger partial charge in [0.2, 0.25) is 5.95 Å². The largest absolute Gasteiger partial charge is 0.393 e. The van der Waals surface area contributed by atoms with E-state index < -0.39 is 13.7 Å². The number of H-pyrrole nitrogens is 1. The summed E-state index contributed by atoms with van der Waals surface area (Å²) < 4.78 is 28.3. The number of nitrogens with one attached hydrogen (secondary N) is 2. The number of ether oxygens (including phenoxy) is 1. The Morgan fingerprint density at radius 3 is 2.73 bits per heavy atom. The van der Waals surface area contributed by atoms with E-state index in [2.05, 4.69) is 15.3 Å². The molecule has 0 saturated heterocycles. The molecule has 1 unspecified atom stereocenters. The third-order valence-corrected chi connectivity index (χ3v) is 5.16. The number of rotatable bonds is 10. The van der Waals surface area contributed by atoms with Crippen molar-refractivity contribution in [2.45, 2.75) is 20.0 Å². The van der Waals surface area contributed by atoms with Crippen molar-refractivity contribution in [1.82, 2.24) is 9.97 Å². The first kappa shape index (κ1) is 20.4. The number of hydrogen-bond acceptors (Lipinski definition) is 10. The van der Waals surface area contributed by atoms with Crippen LogP contribution in [0.5, 0.6) is 0 Å². The van der Waals surface area contributed by atoms with E-state index in [1.165, 1.54) is 11.9 Å². The van der Waals surface area contributed by atoms with E-state index in [-0.39, 0.29) is 38.1 Å². The molecule has 2 heterocycles. The quantitative estimate of drug-likeness (QED) is 0.420. The van der Waals surface area contributed by atoms with Crippen molar-refractivity contribution in [3.8, 4) is 0 Å². The van der Waals surface area contributed by atoms with Crippen LogP contribution in [0.4, 0.5) is 17.5 Å². The minimum Gasteiger partial charge on any atom is -0.393 e. The lowest BCUT2D eigenvalue weighted by Gasteiger charge is -2.20. The van der Waals surface area contributed by atoms with Crippen LogP contribution in [0.2, 0.25) is 0 Å². The molecule has 0 aromatic carbocycles. The zero-order chi connectivity index (χ0) is 19.2. The fourth-order valence-corrected chi connectivity index (χ4v) is 3.63. The highest BCUT2D eigenvalue weighted by Crippen LogP contribution is 2.49. The van der Waals surface area contributed by atoms with E-state index in [9.17, 15) is 14.5 Å². The Hall–Kier alpha value is -1.91. The van der Waals surface area contributed by atoms with Gasteiger partial charge in [-0.2, -0.15) is 4.98 Å². The van der Waals surface area contributed by atoms with Crippen LogP contribution in [-0.4, -0.2) is 54.4 Å². The average molecular weight is 389 g/mol. The Labute approximate surface area is 150 Å². The van der Waals surface area contributed by atoms with Crippen LogP contribution in [0.25, 0.3) is 0 Å². The second kappa shape index (κ2) is 9.15. The molecule has 0 bridgehead atoms. The van der Waals surface area contributed by atoms with Gasteiger partial charge in [0.05, 0.1) is 26.5 Å². The van der Waals surface area contributed by atoms with Gasteiger partial charge in [-0.05, 0) is 19.9 Å². The molecule has 1 aromatic rings. The van der Waals surface area contributed by atoms with Crippen LogP contribution in [0.3, 0.4) is 0 Å². The predicted molar refractivity (Wildman–Crippen MR) is 97.1 cm³/mol. The maximum Gasteiger partial charge on any atom is 0.353 e. The maximum atomic E-state index is 12.4. The van der Waals surface area contributed by atoms with Crippen LogP contribution in [0, 0.1) is 0 Å². The lowest BCUT2D eigenvalue weighted by atomic mass is 10.4. The topological polar surface area (TPSA) is 152 Å². The Bertz CT molecular complexity index is 729. The summed E-state index contributed by atoms with van der Waals surface area (Å²) in [6.45, 7) is 3.85. The van der Waals surface area contributed by atoms with Gasteiger partial charge in [0.25, 0.3) is 5.56 Å². The molecule has 1 aliphatic rings. The van der Waals surface area contributed by atoms with E-state index in [4.69, 9.17) is 19.5 Å². The summed E-state index contributed by atoms with van der Waals surface area (Å²) in [6.07, 6.45) is 0.684. The Morgan fingerprint density at radius 1 is 1.42 bits per heavy atom. The van der Waals surface area contributed by atoms with Crippen LogP contribution in [0.15, 0.2) is 16.7 Å². The Kier molecular flexibility index (Phi) is 7.18. The third-order valence-electron chi connectivity index (χ3n) is 3.39. The summed E-state index contributed by atoms with van der Waals surface area (Å²) in [5, 5.41) is 12.4. The molecular formula is C14H24N5O6P. The number of nitrogens with zero attached hydrogens (tertiary/aromatic N) is 2. The fourth-order valence-electron chi connectivity index (χ4n) is 2.26. The number of aromatic amines is 1. The summed E-state index contributed by atoms with van der Waals surface area (Å²) in [7, 11) is -3.37. The van der Waals surface area contributed by atoms with Gasteiger partial charge in [-0.15, -0.1) is 0 Å². The molecule has 11 nitrogen and oxygen atoms in total. The number of hydrogen-bond donors (Lipinski definition) is 4. The van der Waals surface area contributed by atoms with Crippen molar-refractivity contribution in [2.24, 2.45) is 0 Å². The third kappa shape index (κ3) is 5.05. The number of fused-ring (bicyclic) bond motifs is 1. The lowest BCUT2D eigenvalue weighted by molar-refractivity contribution is 0.0439. The summed E-state index contributed by atoms with van der Waals surface area (Å²) in [4.78, 5) is 19.9. The second-order valence-electron chi connectivity index (χ2n) is 5.26. The molecule has 0 spiro atoms. The van der Waals surface area contributed by atoms with Crippen LogP contribution >= 0.6 is 7.60 Å². The summed E-state index contributed by atoms with van der Waals surface area (Å²) in [6, 6.07) is 0. The van der Waals surface area contributed by atoms with Gasteiger partial charge >= 0.3 is 7.60 Å². The zero-order valence-electron chi connectivity index (χ0n) is 14.7. The SMILES string of the molecule is CCOP(=O)(C=CC(CO)OCN1CNc2c1nc(N)[nH]c2=O)OCC. The number of nitrogen functional groups attached to an aromatic ring is 1. The number of anilines is 3. The Balaban J connectivity index is 2.01. The van der Waals surface area contributed by atoms with Gasteiger partial charge in [0.1, 0.15) is 18.5 Å². The predicted octanol–water partition coefficient (Wildman–Crippen LogP) is 0.656. The molecule has 0 amide bonds. The molecule has 0 fully saturated rings. The van der Waals surface area contributed by atoms with Crippen molar-refractivity contribution in [3.05, 3.63) is 22.2 Å². The Morgan fingerprint density at radius 2 is 2.12 bits per heavy atom. The highest BCUT2D eigenvalue weighted by Gasteiger charge is 2.25. The van der Waals surface area contributed by atoms with Gasteiger partial charge in [-0.3, -0.25) is 14.3 Å². The van der Waals surface area contributed by atoms with Crippen LogP contribution in [0.1, 0.15) is 13.8 Å². The molecular weight excluding hydrogens is 365 g/mol. The van der Waals surface area contributed by atoms with Gasteiger partial charge < -0.3 is 34.8 Å². The highest BCUT2D eigenvalue weighted by atomic mass is 31.2. The van der Waals surface area contributed by atoms with Crippen molar-refractivity contribution < 1.29 is 23.5 Å². The van der Waals surface area contributed by atoms with Gasteiger partial charge in [0, 0.05) is 5.82 Å². The smallest absolute Gasteiger partial charge is 0.353 e.